The van der Waals surface area contributed by atoms with E-state index < -0.39 is 6.17 Å². The fourth-order valence-electron chi connectivity index (χ4n) is 3.98. The number of rotatable bonds is 5. The van der Waals surface area contributed by atoms with E-state index in [1.54, 1.807) is 6.21 Å². The van der Waals surface area contributed by atoms with Crippen LogP contribution in [0.25, 0.3) is 0 Å². The normalized spacial score (nSPS) is 29.6. The van der Waals surface area contributed by atoms with Gasteiger partial charge in [-0.15, -0.1) is 0 Å². The summed E-state index contributed by atoms with van der Waals surface area (Å²) in [5.74, 6) is 1.42. The summed E-state index contributed by atoms with van der Waals surface area (Å²) in [6.07, 6.45) is 9.01. The summed E-state index contributed by atoms with van der Waals surface area (Å²) in [7, 11) is 2.05. The molecular formula is C18H35FN+. The monoisotopic (exact) mass is 284 g/mol. The average molecular weight is 284 g/mol. The molecule has 20 heavy (non-hydrogen) atoms. The van der Waals surface area contributed by atoms with Gasteiger partial charge >= 0.3 is 0 Å². The standard InChI is InChI=1S/C18H35FN/c1-6-12-18(4,15(3)7-2)16-10-8-9-11-17(19)14-20(5)13-16/h14-17H,6-13H2,1-5H3/q+1. The molecule has 0 saturated heterocycles. The van der Waals surface area contributed by atoms with Crippen LogP contribution in [0.1, 0.15) is 72.6 Å². The maximum absolute atomic E-state index is 13.8. The SMILES string of the molecule is CCCC(C)(C(C)CC)C1CCCCC(F)C=[N+](C)C1. The molecule has 0 aromatic heterocycles. The van der Waals surface area contributed by atoms with Gasteiger partial charge in [-0.3, -0.25) is 0 Å². The zero-order chi connectivity index (χ0) is 15.2. The Hall–Kier alpha value is -0.400. The molecule has 0 aromatic carbocycles. The number of alkyl halides is 1. The van der Waals surface area contributed by atoms with Crippen molar-refractivity contribution in [2.75, 3.05) is 13.6 Å². The van der Waals surface area contributed by atoms with Crippen molar-refractivity contribution in [3.63, 3.8) is 0 Å². The van der Waals surface area contributed by atoms with Crippen LogP contribution in [0.5, 0.6) is 0 Å². The van der Waals surface area contributed by atoms with Crippen LogP contribution < -0.4 is 0 Å². The molecule has 1 nitrogen and oxygen atoms in total. The Morgan fingerprint density at radius 1 is 1.30 bits per heavy atom. The Morgan fingerprint density at radius 2 is 1.95 bits per heavy atom. The van der Waals surface area contributed by atoms with E-state index in [-0.39, 0.29) is 0 Å². The fraction of sp³-hybridized carbons (Fsp3) is 0.944. The summed E-state index contributed by atoms with van der Waals surface area (Å²) >= 11 is 0. The van der Waals surface area contributed by atoms with Gasteiger partial charge in [-0.2, -0.15) is 0 Å². The van der Waals surface area contributed by atoms with Gasteiger partial charge in [0.2, 0.25) is 0 Å². The zero-order valence-corrected chi connectivity index (χ0v) is 14.3. The van der Waals surface area contributed by atoms with Crippen LogP contribution in [0.2, 0.25) is 0 Å². The molecule has 4 unspecified atom stereocenters. The van der Waals surface area contributed by atoms with Crippen molar-refractivity contribution in [2.45, 2.75) is 78.8 Å². The van der Waals surface area contributed by atoms with Crippen LogP contribution in [-0.2, 0) is 0 Å². The van der Waals surface area contributed by atoms with Crippen LogP contribution in [0.3, 0.4) is 0 Å². The van der Waals surface area contributed by atoms with Gasteiger partial charge in [0, 0.05) is 5.92 Å². The summed E-state index contributed by atoms with van der Waals surface area (Å²) in [6, 6.07) is 0. The lowest BCUT2D eigenvalue weighted by atomic mass is 9.63. The molecule has 1 aliphatic heterocycles. The third-order valence-corrected chi connectivity index (χ3v) is 5.67. The zero-order valence-electron chi connectivity index (χ0n) is 14.3. The van der Waals surface area contributed by atoms with Gasteiger partial charge < -0.3 is 0 Å². The third kappa shape index (κ3) is 4.56. The molecule has 1 aliphatic rings. The second-order valence-electron chi connectivity index (χ2n) is 7.15. The van der Waals surface area contributed by atoms with Crippen LogP contribution in [0.4, 0.5) is 4.39 Å². The predicted molar refractivity (Wildman–Crippen MR) is 86.4 cm³/mol. The smallest absolute Gasteiger partial charge is 0.176 e. The molecule has 1 heterocycles. The third-order valence-electron chi connectivity index (χ3n) is 5.67. The first-order chi connectivity index (χ1) is 9.43. The van der Waals surface area contributed by atoms with E-state index in [1.165, 1.54) is 32.1 Å². The number of halogens is 1. The van der Waals surface area contributed by atoms with E-state index in [9.17, 15) is 4.39 Å². The van der Waals surface area contributed by atoms with Crippen molar-refractivity contribution < 1.29 is 8.97 Å². The maximum Gasteiger partial charge on any atom is 0.176 e. The minimum Gasteiger partial charge on any atom is -0.239 e. The minimum absolute atomic E-state index is 0.391. The molecule has 0 N–H and O–H groups in total. The number of hydrogen-bond donors (Lipinski definition) is 0. The average Bonchev–Trinajstić information content (AvgIpc) is 2.48. The van der Waals surface area contributed by atoms with E-state index in [4.69, 9.17) is 0 Å². The van der Waals surface area contributed by atoms with Gasteiger partial charge in [0.25, 0.3) is 0 Å². The van der Waals surface area contributed by atoms with Gasteiger partial charge in [-0.25, -0.2) is 8.97 Å². The molecule has 2 heteroatoms. The van der Waals surface area contributed by atoms with Gasteiger partial charge in [0.05, 0.1) is 0 Å². The molecule has 0 aromatic rings. The molecule has 1 rings (SSSR count). The van der Waals surface area contributed by atoms with Crippen molar-refractivity contribution in [1.82, 2.24) is 0 Å². The molecule has 0 aliphatic carbocycles. The maximum atomic E-state index is 13.8. The number of hydrogen-bond acceptors (Lipinski definition) is 0. The van der Waals surface area contributed by atoms with Crippen LogP contribution in [0, 0.1) is 17.3 Å². The first kappa shape index (κ1) is 17.7. The van der Waals surface area contributed by atoms with E-state index in [2.05, 4.69) is 32.3 Å². The summed E-state index contributed by atoms with van der Waals surface area (Å²) in [5, 5.41) is 0. The topological polar surface area (TPSA) is 3.01 Å². The Balaban J connectivity index is 2.94. The Bertz CT molecular complexity index is 313. The lowest BCUT2D eigenvalue weighted by Gasteiger charge is -2.41. The summed E-state index contributed by atoms with van der Waals surface area (Å²) in [4.78, 5) is 0. The molecule has 0 saturated carbocycles. The van der Waals surface area contributed by atoms with E-state index >= 15 is 0 Å². The van der Waals surface area contributed by atoms with Crippen LogP contribution >= 0.6 is 0 Å². The Kier molecular flexibility index (Phi) is 7.19. The summed E-state index contributed by atoms with van der Waals surface area (Å²) in [6.45, 7) is 10.5. The molecule has 0 fully saturated rings. The largest absolute Gasteiger partial charge is 0.239 e. The Labute approximate surface area is 125 Å². The quantitative estimate of drug-likeness (QED) is 0.619. The highest BCUT2D eigenvalue weighted by atomic mass is 19.1. The summed E-state index contributed by atoms with van der Waals surface area (Å²) < 4.78 is 15.9. The van der Waals surface area contributed by atoms with Crippen LogP contribution in [-0.4, -0.2) is 30.6 Å². The Morgan fingerprint density at radius 3 is 2.55 bits per heavy atom. The fourth-order valence-corrected chi connectivity index (χ4v) is 3.98. The van der Waals surface area contributed by atoms with E-state index in [0.717, 1.165) is 18.9 Å². The molecule has 0 spiro atoms. The number of nitrogens with zero attached hydrogens (tertiary/aromatic N) is 1. The molecule has 118 valence electrons. The highest BCUT2D eigenvalue weighted by Crippen LogP contribution is 2.44. The highest BCUT2D eigenvalue weighted by Gasteiger charge is 2.39. The highest BCUT2D eigenvalue weighted by molar-refractivity contribution is 5.57. The minimum atomic E-state index is -0.750. The van der Waals surface area contributed by atoms with Gasteiger partial charge in [0.15, 0.2) is 12.4 Å². The van der Waals surface area contributed by atoms with Crippen molar-refractivity contribution in [2.24, 2.45) is 17.3 Å². The van der Waals surface area contributed by atoms with Gasteiger partial charge in [0.1, 0.15) is 13.6 Å². The molecule has 0 amide bonds. The molecule has 0 radical (unpaired) electrons. The van der Waals surface area contributed by atoms with Crippen molar-refractivity contribution in [1.29, 1.82) is 0 Å². The second-order valence-corrected chi connectivity index (χ2v) is 7.15. The summed E-state index contributed by atoms with van der Waals surface area (Å²) in [5.41, 5.74) is 0.391. The van der Waals surface area contributed by atoms with Crippen molar-refractivity contribution in [3.8, 4) is 0 Å². The predicted octanol–water partition coefficient (Wildman–Crippen LogP) is 5.08. The lowest BCUT2D eigenvalue weighted by molar-refractivity contribution is -0.506. The van der Waals surface area contributed by atoms with E-state index in [0.29, 0.717) is 17.8 Å². The molecular weight excluding hydrogens is 249 g/mol. The molecule has 4 atom stereocenters. The van der Waals surface area contributed by atoms with Crippen LogP contribution in [0.15, 0.2) is 0 Å². The molecule has 0 bridgehead atoms. The van der Waals surface area contributed by atoms with E-state index in [1.807, 2.05) is 7.05 Å². The second kappa shape index (κ2) is 8.14. The van der Waals surface area contributed by atoms with Crippen molar-refractivity contribution >= 4 is 6.21 Å². The first-order valence-electron chi connectivity index (χ1n) is 8.63. The van der Waals surface area contributed by atoms with Gasteiger partial charge in [-0.1, -0.05) is 47.0 Å². The van der Waals surface area contributed by atoms with Gasteiger partial charge in [-0.05, 0) is 37.0 Å². The first-order valence-corrected chi connectivity index (χ1v) is 8.63. The van der Waals surface area contributed by atoms with Crippen molar-refractivity contribution in [3.05, 3.63) is 0 Å². The lowest BCUT2D eigenvalue weighted by Crippen LogP contribution is -2.38.